The number of fused-ring (bicyclic) bond motifs is 1. The molecule has 2 aromatic heterocycles. The van der Waals surface area contributed by atoms with Gasteiger partial charge in [-0.3, -0.25) is 24.5 Å². The molecule has 1 saturated heterocycles. The molecule has 1 aliphatic heterocycles. The summed E-state index contributed by atoms with van der Waals surface area (Å²) in [5.41, 5.74) is 15.2. The van der Waals surface area contributed by atoms with Crippen LogP contribution in [0.2, 0.25) is 0 Å². The Morgan fingerprint density at radius 3 is 2.62 bits per heavy atom. The summed E-state index contributed by atoms with van der Waals surface area (Å²) >= 11 is 0. The number of ether oxygens (including phenoxy) is 2. The standard InChI is InChI=1S/C32H39N9O6/c1-3-41-26(16-20(2)38-41)30(43)37-32-36-24-18-21(31(44)45)6-7-25(24)40(32)9-5-4-8-35-28-23(33)17-22(29(34)42)19-27(28)47-15-12-39-10-13-46-14-11-39/h4-7,16-19,35H,3,8-15,33H2,1-2H3,(H2,34,42)(H,44,45)(H,36,37,43). The largest absolute Gasteiger partial charge is 0.490 e. The number of carboxylic acids is 1. The highest BCUT2D eigenvalue weighted by molar-refractivity contribution is 6.03. The highest BCUT2D eigenvalue weighted by atomic mass is 16.5. The van der Waals surface area contributed by atoms with Crippen molar-refractivity contribution in [3.63, 3.8) is 0 Å². The Hall–Kier alpha value is -5.41. The number of anilines is 3. The van der Waals surface area contributed by atoms with Crippen LogP contribution in [0.25, 0.3) is 11.0 Å². The van der Waals surface area contributed by atoms with Gasteiger partial charge in [-0.2, -0.15) is 5.10 Å². The number of imidazole rings is 1. The van der Waals surface area contributed by atoms with Crippen molar-refractivity contribution < 1.29 is 29.0 Å². The van der Waals surface area contributed by atoms with Gasteiger partial charge < -0.3 is 35.9 Å². The first kappa shape index (κ1) is 33.0. The molecule has 1 aliphatic rings. The van der Waals surface area contributed by atoms with E-state index in [9.17, 15) is 19.5 Å². The quantitative estimate of drug-likeness (QED) is 0.0995. The molecular weight excluding hydrogens is 606 g/mol. The number of rotatable bonds is 14. The van der Waals surface area contributed by atoms with Crippen LogP contribution in [0.5, 0.6) is 5.75 Å². The topological polar surface area (TPSA) is 205 Å². The molecule has 0 spiro atoms. The van der Waals surface area contributed by atoms with E-state index in [1.54, 1.807) is 27.4 Å². The van der Waals surface area contributed by atoms with E-state index < -0.39 is 11.9 Å². The van der Waals surface area contributed by atoms with Gasteiger partial charge in [-0.25, -0.2) is 9.78 Å². The fraction of sp³-hybridized carbons (Fsp3) is 0.344. The van der Waals surface area contributed by atoms with Crippen LogP contribution in [0.15, 0.2) is 48.6 Å². The average molecular weight is 646 g/mol. The van der Waals surface area contributed by atoms with Gasteiger partial charge in [0.25, 0.3) is 5.91 Å². The van der Waals surface area contributed by atoms with E-state index in [2.05, 4.69) is 25.6 Å². The number of morpholine rings is 1. The molecule has 0 unspecified atom stereocenters. The Bertz CT molecular complexity index is 1810. The Kier molecular flexibility index (Phi) is 10.4. The van der Waals surface area contributed by atoms with Crippen molar-refractivity contribution in [1.82, 2.24) is 24.2 Å². The maximum absolute atomic E-state index is 13.2. The zero-order valence-corrected chi connectivity index (χ0v) is 26.4. The number of amides is 2. The van der Waals surface area contributed by atoms with Crippen LogP contribution in [0, 0.1) is 6.92 Å². The molecule has 248 valence electrons. The lowest BCUT2D eigenvalue weighted by molar-refractivity contribution is 0.0323. The number of aromatic carboxylic acids is 1. The number of nitrogens with one attached hydrogen (secondary N) is 2. The number of primary amides is 1. The summed E-state index contributed by atoms with van der Waals surface area (Å²) in [6.07, 6.45) is 3.75. The van der Waals surface area contributed by atoms with Gasteiger partial charge in [-0.15, -0.1) is 0 Å². The van der Waals surface area contributed by atoms with Crippen LogP contribution in [0.1, 0.15) is 43.8 Å². The van der Waals surface area contributed by atoms with Crippen molar-refractivity contribution in [2.45, 2.75) is 26.9 Å². The molecule has 4 aromatic rings. The number of nitrogens with two attached hydrogens (primary N) is 2. The second-order valence-corrected chi connectivity index (χ2v) is 11.0. The number of hydrogen-bond acceptors (Lipinski definition) is 10. The normalized spacial score (nSPS) is 13.7. The van der Waals surface area contributed by atoms with Gasteiger partial charge in [-0.1, -0.05) is 12.2 Å². The molecule has 5 rings (SSSR count). The second-order valence-electron chi connectivity index (χ2n) is 11.0. The number of hydrogen-bond donors (Lipinski definition) is 5. The minimum absolute atomic E-state index is 0.0855. The molecule has 0 saturated carbocycles. The van der Waals surface area contributed by atoms with Crippen molar-refractivity contribution in [2.24, 2.45) is 5.73 Å². The summed E-state index contributed by atoms with van der Waals surface area (Å²) in [6, 6.07) is 9.40. The first-order valence-electron chi connectivity index (χ1n) is 15.3. The molecule has 0 bridgehead atoms. The molecule has 0 aliphatic carbocycles. The third kappa shape index (κ3) is 7.88. The minimum atomic E-state index is -1.08. The fourth-order valence-corrected chi connectivity index (χ4v) is 5.29. The number of carboxylic acid groups (broad SMARTS) is 1. The summed E-state index contributed by atoms with van der Waals surface area (Å²) in [5, 5.41) is 20.0. The predicted octanol–water partition coefficient (Wildman–Crippen LogP) is 2.57. The van der Waals surface area contributed by atoms with Gasteiger partial charge >= 0.3 is 5.97 Å². The lowest BCUT2D eigenvalue weighted by atomic mass is 10.1. The van der Waals surface area contributed by atoms with Gasteiger partial charge in [-0.05, 0) is 50.2 Å². The monoisotopic (exact) mass is 645 g/mol. The summed E-state index contributed by atoms with van der Waals surface area (Å²) < 4.78 is 14.8. The second kappa shape index (κ2) is 14.8. The summed E-state index contributed by atoms with van der Waals surface area (Å²) in [7, 11) is 0. The molecule has 0 radical (unpaired) electrons. The van der Waals surface area contributed by atoms with Crippen molar-refractivity contribution in [2.75, 3.05) is 62.4 Å². The van der Waals surface area contributed by atoms with Crippen LogP contribution in [-0.2, 0) is 17.8 Å². The van der Waals surface area contributed by atoms with E-state index in [-0.39, 0.29) is 23.0 Å². The summed E-state index contributed by atoms with van der Waals surface area (Å²) in [6.45, 7) is 8.97. The molecule has 47 heavy (non-hydrogen) atoms. The number of nitrogens with zero attached hydrogens (tertiary/aromatic N) is 5. The van der Waals surface area contributed by atoms with Gasteiger partial charge in [0.1, 0.15) is 23.7 Å². The first-order valence-corrected chi connectivity index (χ1v) is 15.3. The Morgan fingerprint density at radius 1 is 1.11 bits per heavy atom. The van der Waals surface area contributed by atoms with Crippen LogP contribution in [0.4, 0.5) is 17.3 Å². The average Bonchev–Trinajstić information content (AvgIpc) is 3.60. The lowest BCUT2D eigenvalue weighted by Gasteiger charge is -2.26. The predicted molar refractivity (Wildman–Crippen MR) is 177 cm³/mol. The van der Waals surface area contributed by atoms with Crippen LogP contribution >= 0.6 is 0 Å². The molecule has 15 nitrogen and oxygen atoms in total. The van der Waals surface area contributed by atoms with E-state index in [0.29, 0.717) is 85.5 Å². The maximum Gasteiger partial charge on any atom is 0.335 e. The number of nitrogen functional groups attached to an aromatic ring is 1. The lowest BCUT2D eigenvalue weighted by Crippen LogP contribution is -2.38. The number of aromatic nitrogens is 4. The number of carbonyl (C=O) groups excluding carboxylic acids is 2. The van der Waals surface area contributed by atoms with E-state index in [0.717, 1.165) is 13.1 Å². The molecule has 2 aromatic carbocycles. The van der Waals surface area contributed by atoms with Crippen molar-refractivity contribution in [3.8, 4) is 5.75 Å². The molecular formula is C32H39N9O6. The number of aryl methyl sites for hydroxylation is 2. The number of benzene rings is 2. The Balaban J connectivity index is 1.32. The molecule has 1 fully saturated rings. The van der Waals surface area contributed by atoms with Crippen molar-refractivity contribution in [1.29, 1.82) is 0 Å². The van der Waals surface area contributed by atoms with Gasteiger partial charge in [0.05, 0.1) is 41.2 Å². The molecule has 2 amide bonds. The van der Waals surface area contributed by atoms with Gasteiger partial charge in [0.15, 0.2) is 0 Å². The van der Waals surface area contributed by atoms with E-state index in [1.807, 2.05) is 26.0 Å². The first-order chi connectivity index (χ1) is 22.6. The van der Waals surface area contributed by atoms with E-state index in [4.69, 9.17) is 20.9 Å². The Labute approximate surface area is 271 Å². The number of carbonyl (C=O) groups is 3. The Morgan fingerprint density at radius 2 is 1.89 bits per heavy atom. The van der Waals surface area contributed by atoms with E-state index in [1.165, 1.54) is 18.2 Å². The maximum atomic E-state index is 13.2. The van der Waals surface area contributed by atoms with Crippen molar-refractivity contribution in [3.05, 3.63) is 71.1 Å². The van der Waals surface area contributed by atoms with Gasteiger partial charge in [0, 0.05) is 44.8 Å². The minimum Gasteiger partial charge on any atom is -0.490 e. The van der Waals surface area contributed by atoms with Gasteiger partial charge in [0.2, 0.25) is 11.9 Å². The molecule has 0 atom stereocenters. The zero-order valence-electron chi connectivity index (χ0n) is 26.4. The molecule has 15 heteroatoms. The van der Waals surface area contributed by atoms with Crippen LogP contribution in [-0.4, -0.2) is 93.1 Å². The zero-order chi connectivity index (χ0) is 33.5. The summed E-state index contributed by atoms with van der Waals surface area (Å²) in [4.78, 5) is 43.5. The van der Waals surface area contributed by atoms with Crippen LogP contribution in [0.3, 0.4) is 0 Å². The smallest absolute Gasteiger partial charge is 0.335 e. The van der Waals surface area contributed by atoms with E-state index >= 15 is 0 Å². The molecule has 7 N–H and O–H groups in total. The van der Waals surface area contributed by atoms with Crippen molar-refractivity contribution >= 4 is 46.1 Å². The fourth-order valence-electron chi connectivity index (χ4n) is 5.29. The van der Waals surface area contributed by atoms with Crippen LogP contribution < -0.4 is 26.8 Å². The highest BCUT2D eigenvalue weighted by Crippen LogP contribution is 2.32. The SMILES string of the molecule is CCn1nc(C)cc1C(=O)Nc1nc2cc(C(=O)O)ccc2n1CC=CCNc1c(N)cc(C(N)=O)cc1OCCN1CCOCC1. The third-order valence-corrected chi connectivity index (χ3v) is 7.69. The third-order valence-electron chi connectivity index (χ3n) is 7.69. The highest BCUT2D eigenvalue weighted by Gasteiger charge is 2.19. The molecule has 3 heterocycles. The summed E-state index contributed by atoms with van der Waals surface area (Å²) in [5.74, 6) is -1.39. The number of allylic oxidation sites excluding steroid dienone is 1.